The summed E-state index contributed by atoms with van der Waals surface area (Å²) in [5.74, 6) is 0.252. The number of carbonyl (C=O) groups is 1. The van der Waals surface area contributed by atoms with Gasteiger partial charge >= 0.3 is 5.97 Å². The van der Waals surface area contributed by atoms with E-state index in [0.29, 0.717) is 13.0 Å². The molecule has 19 heavy (non-hydrogen) atoms. The van der Waals surface area contributed by atoms with Gasteiger partial charge in [-0.05, 0) is 46.0 Å². The SMILES string of the molecule is C=C(O)[C@@]12CCO[C@@H]1C[C@@H](CC(=O)OC(C)(C)C)C2. The first kappa shape index (κ1) is 14.4. The van der Waals surface area contributed by atoms with Crippen molar-refractivity contribution in [3.05, 3.63) is 12.3 Å². The summed E-state index contributed by atoms with van der Waals surface area (Å²) in [6.45, 7) is 9.98. The predicted molar refractivity (Wildman–Crippen MR) is 71.7 cm³/mol. The Balaban J connectivity index is 1.95. The second kappa shape index (κ2) is 4.82. The van der Waals surface area contributed by atoms with Crippen molar-refractivity contribution in [1.29, 1.82) is 0 Å². The van der Waals surface area contributed by atoms with Crippen LogP contribution in [0.1, 0.15) is 46.5 Å². The zero-order chi connectivity index (χ0) is 14.3. The Morgan fingerprint density at radius 3 is 2.74 bits per heavy atom. The van der Waals surface area contributed by atoms with Gasteiger partial charge < -0.3 is 14.6 Å². The lowest BCUT2D eigenvalue weighted by Crippen LogP contribution is -2.27. The Hall–Kier alpha value is -1.03. The number of aliphatic hydroxyl groups is 1. The normalized spacial score (nSPS) is 34.1. The summed E-state index contributed by atoms with van der Waals surface area (Å²) in [5, 5.41) is 9.86. The highest BCUT2D eigenvalue weighted by molar-refractivity contribution is 5.70. The first-order valence-electron chi connectivity index (χ1n) is 6.95. The molecule has 0 unspecified atom stereocenters. The fraction of sp³-hybridized carbons (Fsp3) is 0.800. The molecule has 2 fully saturated rings. The first-order valence-corrected chi connectivity index (χ1v) is 6.95. The highest BCUT2D eigenvalue weighted by atomic mass is 16.6. The molecule has 0 spiro atoms. The van der Waals surface area contributed by atoms with Gasteiger partial charge in [0.25, 0.3) is 0 Å². The van der Waals surface area contributed by atoms with Gasteiger partial charge in [-0.3, -0.25) is 4.79 Å². The number of hydrogen-bond donors (Lipinski definition) is 1. The van der Waals surface area contributed by atoms with E-state index in [-0.39, 0.29) is 29.2 Å². The Kier molecular flexibility index (Phi) is 3.65. The minimum absolute atomic E-state index is 0.0115. The Morgan fingerprint density at radius 2 is 2.21 bits per heavy atom. The number of fused-ring (bicyclic) bond motifs is 1. The summed E-state index contributed by atoms with van der Waals surface area (Å²) in [7, 11) is 0. The predicted octanol–water partition coefficient (Wildman–Crippen LogP) is 2.98. The number of ether oxygens (including phenoxy) is 2. The summed E-state index contributed by atoms with van der Waals surface area (Å²) in [5.41, 5.74) is -0.771. The lowest BCUT2D eigenvalue weighted by molar-refractivity contribution is -0.156. The van der Waals surface area contributed by atoms with Crippen LogP contribution in [-0.4, -0.2) is 29.4 Å². The molecule has 1 saturated carbocycles. The quantitative estimate of drug-likeness (QED) is 0.631. The van der Waals surface area contributed by atoms with Crippen LogP contribution in [0, 0.1) is 11.3 Å². The number of hydrogen-bond acceptors (Lipinski definition) is 4. The van der Waals surface area contributed by atoms with E-state index < -0.39 is 5.60 Å². The summed E-state index contributed by atoms with van der Waals surface area (Å²) in [6, 6.07) is 0. The van der Waals surface area contributed by atoms with Gasteiger partial charge in [-0.1, -0.05) is 6.58 Å². The minimum atomic E-state index is -0.444. The smallest absolute Gasteiger partial charge is 0.306 e. The molecule has 0 bridgehead atoms. The van der Waals surface area contributed by atoms with Crippen molar-refractivity contribution in [2.24, 2.45) is 11.3 Å². The molecule has 1 aliphatic heterocycles. The van der Waals surface area contributed by atoms with Crippen molar-refractivity contribution < 1.29 is 19.4 Å². The average molecular weight is 268 g/mol. The molecule has 108 valence electrons. The van der Waals surface area contributed by atoms with Crippen LogP contribution in [0.3, 0.4) is 0 Å². The minimum Gasteiger partial charge on any atom is -0.512 e. The molecule has 0 amide bonds. The molecule has 4 nitrogen and oxygen atoms in total. The molecule has 1 aliphatic carbocycles. The van der Waals surface area contributed by atoms with E-state index in [4.69, 9.17) is 9.47 Å². The lowest BCUT2D eigenvalue weighted by atomic mass is 9.80. The summed E-state index contributed by atoms with van der Waals surface area (Å²) in [6.07, 6.45) is 2.78. The maximum absolute atomic E-state index is 11.9. The van der Waals surface area contributed by atoms with Gasteiger partial charge in [0.1, 0.15) is 5.60 Å². The zero-order valence-corrected chi connectivity index (χ0v) is 12.1. The van der Waals surface area contributed by atoms with E-state index in [2.05, 4.69) is 6.58 Å². The third-order valence-electron chi connectivity index (χ3n) is 4.13. The molecule has 0 radical (unpaired) electrons. The molecule has 3 atom stereocenters. The molecule has 2 rings (SSSR count). The van der Waals surface area contributed by atoms with Crippen molar-refractivity contribution in [1.82, 2.24) is 0 Å². The van der Waals surface area contributed by atoms with E-state index in [1.54, 1.807) is 0 Å². The molecular formula is C15H24O4. The van der Waals surface area contributed by atoms with Gasteiger partial charge in [0.2, 0.25) is 0 Å². The number of carbonyl (C=O) groups excluding carboxylic acids is 1. The maximum Gasteiger partial charge on any atom is 0.306 e. The Morgan fingerprint density at radius 1 is 1.53 bits per heavy atom. The van der Waals surface area contributed by atoms with Crippen LogP contribution < -0.4 is 0 Å². The molecule has 1 saturated heterocycles. The van der Waals surface area contributed by atoms with E-state index >= 15 is 0 Å². The summed E-state index contributed by atoms with van der Waals surface area (Å²) < 4.78 is 11.0. The largest absolute Gasteiger partial charge is 0.512 e. The third kappa shape index (κ3) is 2.94. The van der Waals surface area contributed by atoms with Crippen molar-refractivity contribution in [2.45, 2.75) is 58.2 Å². The van der Waals surface area contributed by atoms with Gasteiger partial charge in [0.15, 0.2) is 0 Å². The average Bonchev–Trinajstić information content (AvgIpc) is 2.70. The molecule has 4 heteroatoms. The Labute approximate surface area is 114 Å². The molecule has 0 aromatic rings. The van der Waals surface area contributed by atoms with Crippen molar-refractivity contribution in [2.75, 3.05) is 6.61 Å². The molecule has 2 aliphatic rings. The van der Waals surface area contributed by atoms with Crippen LogP contribution in [0.15, 0.2) is 12.3 Å². The van der Waals surface area contributed by atoms with Crippen molar-refractivity contribution >= 4 is 5.97 Å². The topological polar surface area (TPSA) is 55.8 Å². The fourth-order valence-corrected chi connectivity index (χ4v) is 3.35. The monoisotopic (exact) mass is 268 g/mol. The van der Waals surface area contributed by atoms with Crippen LogP contribution in [0.4, 0.5) is 0 Å². The van der Waals surface area contributed by atoms with E-state index in [1.165, 1.54) is 0 Å². The molecule has 1 heterocycles. The van der Waals surface area contributed by atoms with E-state index in [1.807, 2.05) is 20.8 Å². The van der Waals surface area contributed by atoms with Gasteiger partial charge in [-0.2, -0.15) is 0 Å². The van der Waals surface area contributed by atoms with Crippen LogP contribution in [0.25, 0.3) is 0 Å². The van der Waals surface area contributed by atoms with Gasteiger partial charge in [0, 0.05) is 13.0 Å². The first-order chi connectivity index (χ1) is 8.73. The second-order valence-electron chi connectivity index (χ2n) is 6.81. The number of rotatable bonds is 3. The zero-order valence-electron chi connectivity index (χ0n) is 12.1. The van der Waals surface area contributed by atoms with Crippen LogP contribution in [0.5, 0.6) is 0 Å². The molecule has 1 N–H and O–H groups in total. The summed E-state index contributed by atoms with van der Waals surface area (Å²) in [4.78, 5) is 11.9. The van der Waals surface area contributed by atoms with Crippen LogP contribution in [0.2, 0.25) is 0 Å². The second-order valence-corrected chi connectivity index (χ2v) is 6.81. The standard InChI is InChI=1S/C15H24O4/c1-10(16)15-5-6-18-12(15)7-11(9-15)8-13(17)19-14(2,3)4/h11-12,16H,1,5-9H2,2-4H3/t11-,12+,15-/m0/s1. The van der Waals surface area contributed by atoms with Crippen LogP contribution >= 0.6 is 0 Å². The molecule has 0 aromatic carbocycles. The van der Waals surface area contributed by atoms with Gasteiger partial charge in [-0.15, -0.1) is 0 Å². The lowest BCUT2D eigenvalue weighted by Gasteiger charge is -2.26. The van der Waals surface area contributed by atoms with Gasteiger partial charge in [-0.25, -0.2) is 0 Å². The molecular weight excluding hydrogens is 244 g/mol. The van der Waals surface area contributed by atoms with E-state index in [9.17, 15) is 9.90 Å². The van der Waals surface area contributed by atoms with Crippen molar-refractivity contribution in [3.63, 3.8) is 0 Å². The van der Waals surface area contributed by atoms with Gasteiger partial charge in [0.05, 0.1) is 17.3 Å². The number of aliphatic hydroxyl groups excluding tert-OH is 1. The van der Waals surface area contributed by atoms with Crippen LogP contribution in [-0.2, 0) is 14.3 Å². The molecule has 0 aromatic heterocycles. The highest BCUT2D eigenvalue weighted by Crippen LogP contribution is 2.54. The third-order valence-corrected chi connectivity index (χ3v) is 4.13. The van der Waals surface area contributed by atoms with E-state index in [0.717, 1.165) is 19.3 Å². The highest BCUT2D eigenvalue weighted by Gasteiger charge is 2.53. The summed E-state index contributed by atoms with van der Waals surface area (Å²) >= 11 is 0. The fourth-order valence-electron chi connectivity index (χ4n) is 3.35. The number of esters is 1. The Bertz CT molecular complexity index is 382. The maximum atomic E-state index is 11.9. The van der Waals surface area contributed by atoms with Crippen molar-refractivity contribution in [3.8, 4) is 0 Å².